The monoisotopic (exact) mass is 835 g/mol. The first kappa shape index (κ1) is 39.8. The highest BCUT2D eigenvalue weighted by Crippen LogP contribution is 2.43. The zero-order valence-electron chi connectivity index (χ0n) is 34.3. The Morgan fingerprint density at radius 1 is 0.705 bits per heavy atom. The lowest BCUT2D eigenvalue weighted by molar-refractivity contribution is -0.116. The number of amides is 3. The standard InChI is InChI=1S/C48H45N5O7S/c1-48(2,61)14-13-45(54)51-32-16-28(26-59-43-22-37-35(20-41(43)57-3)46(55)52-33(24-49-37)18-30-9-5-7-11-39(30)52)15-29(17-32)27-60-44-23-38-36(21-42(44)58-4)47(56)53-34(25-50-38)19-31-10-6-8-12-40(31)53/h5-12,15-17,20-25,33-34,61H,13-14,18-19,26-27H2,1-4H3,(H,51,54)/t33-,34-/m0/s1. The van der Waals surface area contributed by atoms with Crippen molar-refractivity contribution in [1.82, 2.24) is 0 Å². The van der Waals surface area contributed by atoms with Crippen molar-refractivity contribution >= 4 is 71.2 Å². The molecule has 5 aromatic carbocycles. The third-order valence-corrected chi connectivity index (χ3v) is 11.6. The van der Waals surface area contributed by atoms with Crippen molar-refractivity contribution in [3.05, 3.63) is 124 Å². The molecular formula is C48H45N5O7S. The average molecular weight is 836 g/mol. The SMILES string of the molecule is COc1cc2c(cc1OCc1cc(COc3cc4c(cc3OC)C(=O)N3c5ccccc5C[C@H]3C=N4)cc(NC(=O)CCC(C)(C)S)c1)N=C[C@@H]1Cc3ccccc3N1C2=O. The molecule has 4 heterocycles. The second kappa shape index (κ2) is 16.1. The molecule has 3 amide bonds. The Hall–Kier alpha value is -6.60. The summed E-state index contributed by atoms with van der Waals surface area (Å²) in [6.07, 6.45) is 5.88. The van der Waals surface area contributed by atoms with E-state index >= 15 is 0 Å². The zero-order chi connectivity index (χ0) is 42.4. The molecule has 0 radical (unpaired) electrons. The van der Waals surface area contributed by atoms with Crippen molar-refractivity contribution < 1.29 is 33.3 Å². The number of carbonyl (C=O) groups is 3. The van der Waals surface area contributed by atoms with Gasteiger partial charge in [-0.25, -0.2) is 0 Å². The summed E-state index contributed by atoms with van der Waals surface area (Å²) in [7, 11) is 3.07. The average Bonchev–Trinajstić information content (AvgIpc) is 3.74. The Kier molecular flexibility index (Phi) is 10.5. The van der Waals surface area contributed by atoms with Gasteiger partial charge in [-0.15, -0.1) is 0 Å². The van der Waals surface area contributed by atoms with Gasteiger partial charge in [0.1, 0.15) is 13.2 Å². The number of hydrogen-bond acceptors (Lipinski definition) is 10. The fourth-order valence-corrected chi connectivity index (χ4v) is 8.46. The number of benzene rings is 5. The fraction of sp³-hybridized carbons (Fsp3) is 0.271. The molecule has 5 aromatic rings. The third-order valence-electron chi connectivity index (χ3n) is 11.3. The second-order valence-corrected chi connectivity index (χ2v) is 17.4. The fourth-order valence-electron chi connectivity index (χ4n) is 8.34. The van der Waals surface area contributed by atoms with Crippen LogP contribution in [0.25, 0.3) is 0 Å². The number of methoxy groups -OCH3 is 2. The van der Waals surface area contributed by atoms with Crippen LogP contribution in [0, 0.1) is 0 Å². The molecule has 0 bridgehead atoms. The Morgan fingerprint density at radius 2 is 1.18 bits per heavy atom. The molecule has 4 aliphatic heterocycles. The van der Waals surface area contributed by atoms with E-state index in [0.29, 0.717) is 70.4 Å². The Morgan fingerprint density at radius 3 is 1.64 bits per heavy atom. The molecule has 13 heteroatoms. The summed E-state index contributed by atoms with van der Waals surface area (Å²) in [5.74, 6) is 1.13. The molecule has 0 unspecified atom stereocenters. The van der Waals surface area contributed by atoms with Crippen LogP contribution in [-0.4, -0.2) is 61.2 Å². The number of thiol groups is 1. The topological polar surface area (TPSA) is 131 Å². The number of ether oxygens (including phenoxy) is 4. The van der Waals surface area contributed by atoms with Crippen molar-refractivity contribution in [3.8, 4) is 23.0 Å². The Labute approximate surface area is 359 Å². The van der Waals surface area contributed by atoms with Crippen LogP contribution in [-0.2, 0) is 30.8 Å². The van der Waals surface area contributed by atoms with Crippen molar-refractivity contribution in [1.29, 1.82) is 0 Å². The van der Waals surface area contributed by atoms with Crippen LogP contribution in [0.15, 0.2) is 101 Å². The van der Waals surface area contributed by atoms with E-state index in [1.807, 2.05) is 93.0 Å². The van der Waals surface area contributed by atoms with E-state index in [4.69, 9.17) is 28.9 Å². The van der Waals surface area contributed by atoms with Gasteiger partial charge >= 0.3 is 0 Å². The van der Waals surface area contributed by atoms with E-state index in [1.54, 1.807) is 34.1 Å². The van der Waals surface area contributed by atoms with Gasteiger partial charge in [-0.1, -0.05) is 50.2 Å². The molecule has 0 spiro atoms. The normalized spacial score (nSPS) is 17.0. The lowest BCUT2D eigenvalue weighted by Crippen LogP contribution is -2.37. The number of anilines is 3. The second-order valence-electron chi connectivity index (χ2n) is 16.2. The van der Waals surface area contributed by atoms with Crippen LogP contribution in [0.5, 0.6) is 23.0 Å². The highest BCUT2D eigenvalue weighted by Gasteiger charge is 2.38. The number of nitrogens with one attached hydrogen (secondary N) is 1. The van der Waals surface area contributed by atoms with Crippen molar-refractivity contribution in [2.45, 2.75) is 69.6 Å². The molecule has 12 nitrogen and oxygen atoms in total. The molecule has 0 saturated carbocycles. The predicted octanol–water partition coefficient (Wildman–Crippen LogP) is 8.86. The Balaban J connectivity index is 0.973. The Bertz CT molecular complexity index is 2490. The van der Waals surface area contributed by atoms with Crippen LogP contribution < -0.4 is 34.1 Å². The number of carbonyl (C=O) groups excluding carboxylic acids is 3. The molecule has 0 fully saturated rings. The van der Waals surface area contributed by atoms with E-state index in [-0.39, 0.29) is 54.2 Å². The lowest BCUT2D eigenvalue weighted by Gasteiger charge is -2.22. The van der Waals surface area contributed by atoms with E-state index in [9.17, 15) is 14.4 Å². The van der Waals surface area contributed by atoms with Crippen LogP contribution in [0.2, 0.25) is 0 Å². The quantitative estimate of drug-likeness (QED) is 0.120. The molecule has 310 valence electrons. The number of rotatable bonds is 12. The first-order valence-corrected chi connectivity index (χ1v) is 20.7. The van der Waals surface area contributed by atoms with Gasteiger partial charge in [0.25, 0.3) is 11.8 Å². The zero-order valence-corrected chi connectivity index (χ0v) is 35.2. The number of fused-ring (bicyclic) bond motifs is 8. The predicted molar refractivity (Wildman–Crippen MR) is 240 cm³/mol. The molecule has 0 saturated heterocycles. The van der Waals surface area contributed by atoms with Gasteiger partial charge in [-0.2, -0.15) is 12.6 Å². The smallest absolute Gasteiger partial charge is 0.261 e. The molecule has 9 rings (SSSR count). The van der Waals surface area contributed by atoms with Crippen LogP contribution in [0.4, 0.5) is 28.4 Å². The van der Waals surface area contributed by atoms with Crippen LogP contribution >= 0.6 is 12.6 Å². The van der Waals surface area contributed by atoms with Gasteiger partial charge in [0, 0.05) is 65.6 Å². The van der Waals surface area contributed by atoms with Crippen LogP contribution in [0.1, 0.15) is 69.7 Å². The largest absolute Gasteiger partial charge is 0.493 e. The van der Waals surface area contributed by atoms with Gasteiger partial charge in [0.15, 0.2) is 23.0 Å². The summed E-state index contributed by atoms with van der Waals surface area (Å²) < 4.78 is 24.0. The molecule has 4 aliphatic rings. The number of aliphatic imine (C=N–C) groups is 2. The number of para-hydroxylation sites is 2. The van der Waals surface area contributed by atoms with E-state index in [0.717, 1.165) is 33.6 Å². The van der Waals surface area contributed by atoms with Crippen molar-refractivity contribution in [3.63, 3.8) is 0 Å². The van der Waals surface area contributed by atoms with E-state index in [1.165, 1.54) is 14.2 Å². The molecule has 2 atom stereocenters. The maximum Gasteiger partial charge on any atom is 0.261 e. The number of hydrogen-bond donors (Lipinski definition) is 2. The van der Waals surface area contributed by atoms with Gasteiger partial charge in [-0.05, 0) is 71.1 Å². The number of nitrogens with zero attached hydrogens (tertiary/aromatic N) is 4. The molecule has 0 aromatic heterocycles. The van der Waals surface area contributed by atoms with Crippen molar-refractivity contribution in [2.75, 3.05) is 29.3 Å². The minimum atomic E-state index is -0.309. The minimum Gasteiger partial charge on any atom is -0.493 e. The molecular weight excluding hydrogens is 791 g/mol. The molecule has 0 aliphatic carbocycles. The first-order valence-electron chi connectivity index (χ1n) is 20.2. The minimum absolute atomic E-state index is 0.0924. The maximum atomic E-state index is 14.0. The van der Waals surface area contributed by atoms with Gasteiger partial charge in [-0.3, -0.25) is 34.2 Å². The summed E-state index contributed by atoms with van der Waals surface area (Å²) in [6, 6.07) is 27.9. The lowest BCUT2D eigenvalue weighted by atomic mass is 10.1. The highest BCUT2D eigenvalue weighted by atomic mass is 32.1. The highest BCUT2D eigenvalue weighted by molar-refractivity contribution is 7.81. The molecule has 1 N–H and O–H groups in total. The van der Waals surface area contributed by atoms with Gasteiger partial charge < -0.3 is 24.3 Å². The summed E-state index contributed by atoms with van der Waals surface area (Å²) >= 11 is 4.59. The summed E-state index contributed by atoms with van der Waals surface area (Å²) in [4.78, 5) is 54.1. The summed E-state index contributed by atoms with van der Waals surface area (Å²) in [5.41, 5.74) is 7.83. The maximum absolute atomic E-state index is 14.0. The van der Waals surface area contributed by atoms with E-state index < -0.39 is 0 Å². The van der Waals surface area contributed by atoms with Gasteiger partial charge in [0.05, 0.1) is 48.8 Å². The first-order chi connectivity index (χ1) is 29.5. The molecule has 61 heavy (non-hydrogen) atoms. The third kappa shape index (κ3) is 7.93. The van der Waals surface area contributed by atoms with Gasteiger partial charge in [0.2, 0.25) is 5.91 Å². The summed E-state index contributed by atoms with van der Waals surface area (Å²) in [5, 5.41) is 3.04. The van der Waals surface area contributed by atoms with E-state index in [2.05, 4.69) is 17.9 Å². The van der Waals surface area contributed by atoms with Crippen molar-refractivity contribution in [2.24, 2.45) is 9.98 Å². The van der Waals surface area contributed by atoms with Crippen LogP contribution in [0.3, 0.4) is 0 Å². The summed E-state index contributed by atoms with van der Waals surface area (Å²) in [6.45, 7) is 4.12.